The standard InChI is InChI=1S/C18H20FN3O2/c1-2-20-9-11-21(12-10-20)18(24)14-3-8-17(23)22(13-14)16-6-4-15(19)5-7-16/h3-8,13H,2,9-12H2,1H3. The summed E-state index contributed by atoms with van der Waals surface area (Å²) in [6.45, 7) is 6.18. The first kappa shape index (κ1) is 16.4. The van der Waals surface area contributed by atoms with Crippen molar-refractivity contribution in [3.05, 3.63) is 64.3 Å². The minimum atomic E-state index is -0.368. The molecule has 0 radical (unpaired) electrons. The Morgan fingerprint density at radius 2 is 1.71 bits per heavy atom. The molecule has 0 unspecified atom stereocenters. The van der Waals surface area contributed by atoms with Crippen LogP contribution in [0.5, 0.6) is 0 Å². The molecule has 1 aromatic carbocycles. The second-order valence-electron chi connectivity index (χ2n) is 5.83. The predicted octanol–water partition coefficient (Wildman–Crippen LogP) is 1.75. The Balaban J connectivity index is 1.84. The van der Waals surface area contributed by atoms with Crippen LogP contribution in [0.3, 0.4) is 0 Å². The number of rotatable bonds is 3. The summed E-state index contributed by atoms with van der Waals surface area (Å²) >= 11 is 0. The van der Waals surface area contributed by atoms with Gasteiger partial charge in [-0.15, -0.1) is 0 Å². The summed E-state index contributed by atoms with van der Waals surface area (Å²) in [4.78, 5) is 28.9. The van der Waals surface area contributed by atoms with Crippen LogP contribution in [0.25, 0.3) is 5.69 Å². The van der Waals surface area contributed by atoms with E-state index in [1.165, 1.54) is 41.1 Å². The third-order valence-electron chi connectivity index (χ3n) is 4.37. The van der Waals surface area contributed by atoms with Gasteiger partial charge in [0.1, 0.15) is 5.82 Å². The smallest absolute Gasteiger partial charge is 0.255 e. The predicted molar refractivity (Wildman–Crippen MR) is 90.0 cm³/mol. The van der Waals surface area contributed by atoms with E-state index in [4.69, 9.17) is 0 Å². The first-order valence-electron chi connectivity index (χ1n) is 8.09. The van der Waals surface area contributed by atoms with E-state index in [1.54, 1.807) is 11.0 Å². The Bertz CT molecular complexity index is 778. The lowest BCUT2D eigenvalue weighted by molar-refractivity contribution is 0.0642. The summed E-state index contributed by atoms with van der Waals surface area (Å²) in [5.41, 5.74) is 0.740. The molecule has 5 nitrogen and oxygen atoms in total. The van der Waals surface area contributed by atoms with E-state index >= 15 is 0 Å². The van der Waals surface area contributed by atoms with Gasteiger partial charge < -0.3 is 9.80 Å². The van der Waals surface area contributed by atoms with Crippen LogP contribution in [-0.2, 0) is 0 Å². The van der Waals surface area contributed by atoms with Crippen LogP contribution in [0.1, 0.15) is 17.3 Å². The van der Waals surface area contributed by atoms with E-state index in [0.717, 1.165) is 19.6 Å². The van der Waals surface area contributed by atoms with Crippen molar-refractivity contribution in [2.24, 2.45) is 0 Å². The van der Waals surface area contributed by atoms with Gasteiger partial charge in [-0.3, -0.25) is 14.2 Å². The van der Waals surface area contributed by atoms with Gasteiger partial charge in [-0.25, -0.2) is 4.39 Å². The van der Waals surface area contributed by atoms with E-state index in [-0.39, 0.29) is 17.3 Å². The highest BCUT2D eigenvalue weighted by molar-refractivity contribution is 5.94. The van der Waals surface area contributed by atoms with Gasteiger partial charge in [0, 0.05) is 44.1 Å². The fourth-order valence-electron chi connectivity index (χ4n) is 2.87. The number of halogens is 1. The second kappa shape index (κ2) is 6.97. The molecule has 126 valence electrons. The van der Waals surface area contributed by atoms with Gasteiger partial charge in [0.05, 0.1) is 5.56 Å². The van der Waals surface area contributed by atoms with Gasteiger partial charge in [0.25, 0.3) is 11.5 Å². The van der Waals surface area contributed by atoms with Crippen molar-refractivity contribution < 1.29 is 9.18 Å². The molecule has 0 bridgehead atoms. The number of carbonyl (C=O) groups excluding carboxylic acids is 1. The van der Waals surface area contributed by atoms with Crippen LogP contribution < -0.4 is 5.56 Å². The average Bonchev–Trinajstić information content (AvgIpc) is 2.62. The Hall–Kier alpha value is -2.47. The average molecular weight is 329 g/mol. The van der Waals surface area contributed by atoms with Gasteiger partial charge >= 0.3 is 0 Å². The fraction of sp³-hybridized carbons (Fsp3) is 0.333. The van der Waals surface area contributed by atoms with Gasteiger partial charge in [-0.1, -0.05) is 6.92 Å². The molecule has 2 heterocycles. The van der Waals surface area contributed by atoms with E-state index < -0.39 is 0 Å². The van der Waals surface area contributed by atoms with Crippen LogP contribution >= 0.6 is 0 Å². The summed E-state index contributed by atoms with van der Waals surface area (Å²) in [7, 11) is 0. The lowest BCUT2D eigenvalue weighted by atomic mass is 10.2. The minimum absolute atomic E-state index is 0.0818. The highest BCUT2D eigenvalue weighted by Gasteiger charge is 2.21. The van der Waals surface area contributed by atoms with Crippen molar-refractivity contribution >= 4 is 5.91 Å². The maximum absolute atomic E-state index is 13.1. The number of aromatic nitrogens is 1. The number of nitrogens with zero attached hydrogens (tertiary/aromatic N) is 3. The van der Waals surface area contributed by atoms with Crippen molar-refractivity contribution in [1.29, 1.82) is 0 Å². The third kappa shape index (κ3) is 3.38. The lowest BCUT2D eigenvalue weighted by Crippen LogP contribution is -2.48. The van der Waals surface area contributed by atoms with Crippen LogP contribution in [0, 0.1) is 5.82 Å². The molecule has 0 N–H and O–H groups in total. The Labute approximate surface area is 139 Å². The topological polar surface area (TPSA) is 45.6 Å². The van der Waals surface area contributed by atoms with E-state index in [1.807, 2.05) is 0 Å². The molecule has 0 saturated carbocycles. The number of amides is 1. The molecule has 1 aliphatic heterocycles. The molecule has 0 atom stereocenters. The molecule has 1 fully saturated rings. The van der Waals surface area contributed by atoms with Gasteiger partial charge in [0.2, 0.25) is 0 Å². The van der Waals surface area contributed by atoms with Crippen LogP contribution in [0.4, 0.5) is 4.39 Å². The van der Waals surface area contributed by atoms with Crippen molar-refractivity contribution in [2.75, 3.05) is 32.7 Å². The van der Waals surface area contributed by atoms with Gasteiger partial charge in [-0.2, -0.15) is 0 Å². The summed E-state index contributed by atoms with van der Waals surface area (Å²) in [5, 5.41) is 0. The van der Waals surface area contributed by atoms with Crippen LogP contribution in [0.15, 0.2) is 47.4 Å². The third-order valence-corrected chi connectivity index (χ3v) is 4.37. The highest BCUT2D eigenvalue weighted by Crippen LogP contribution is 2.11. The monoisotopic (exact) mass is 329 g/mol. The molecule has 3 rings (SSSR count). The van der Waals surface area contributed by atoms with Crippen LogP contribution in [0.2, 0.25) is 0 Å². The van der Waals surface area contributed by atoms with Crippen LogP contribution in [-0.4, -0.2) is 53.0 Å². The largest absolute Gasteiger partial charge is 0.336 e. The molecule has 1 aromatic heterocycles. The molecule has 0 aliphatic carbocycles. The maximum atomic E-state index is 13.1. The number of likely N-dealkylation sites (N-methyl/N-ethyl adjacent to an activating group) is 1. The number of carbonyl (C=O) groups is 1. The number of hydrogen-bond donors (Lipinski definition) is 0. The maximum Gasteiger partial charge on any atom is 0.255 e. The van der Waals surface area contributed by atoms with Crippen molar-refractivity contribution in [3.8, 4) is 5.69 Å². The molecule has 2 aromatic rings. The Kier molecular flexibility index (Phi) is 4.76. The van der Waals surface area contributed by atoms with E-state index in [0.29, 0.717) is 24.3 Å². The van der Waals surface area contributed by atoms with E-state index in [9.17, 15) is 14.0 Å². The molecule has 0 spiro atoms. The first-order chi connectivity index (χ1) is 11.6. The Morgan fingerprint density at radius 1 is 1.04 bits per heavy atom. The zero-order valence-electron chi connectivity index (χ0n) is 13.6. The van der Waals surface area contributed by atoms with Gasteiger partial charge in [0.15, 0.2) is 0 Å². The summed E-state index contributed by atoms with van der Waals surface area (Å²) < 4.78 is 14.4. The summed E-state index contributed by atoms with van der Waals surface area (Å²) in [6.07, 6.45) is 1.53. The molecular formula is C18H20FN3O2. The lowest BCUT2D eigenvalue weighted by Gasteiger charge is -2.34. The normalized spacial score (nSPS) is 15.5. The second-order valence-corrected chi connectivity index (χ2v) is 5.83. The molecule has 1 saturated heterocycles. The molecular weight excluding hydrogens is 309 g/mol. The molecule has 1 aliphatic rings. The zero-order valence-corrected chi connectivity index (χ0v) is 13.6. The first-order valence-corrected chi connectivity index (χ1v) is 8.09. The van der Waals surface area contributed by atoms with E-state index in [2.05, 4.69) is 11.8 Å². The zero-order chi connectivity index (χ0) is 17.1. The number of benzene rings is 1. The number of pyridine rings is 1. The number of hydrogen-bond acceptors (Lipinski definition) is 3. The SMILES string of the molecule is CCN1CCN(C(=O)c2ccc(=O)n(-c3ccc(F)cc3)c2)CC1. The molecule has 6 heteroatoms. The Morgan fingerprint density at radius 3 is 2.33 bits per heavy atom. The highest BCUT2D eigenvalue weighted by atomic mass is 19.1. The van der Waals surface area contributed by atoms with Crippen molar-refractivity contribution in [3.63, 3.8) is 0 Å². The van der Waals surface area contributed by atoms with Gasteiger partial charge in [-0.05, 0) is 36.9 Å². The molecule has 1 amide bonds. The summed E-state index contributed by atoms with van der Waals surface area (Å²) in [5.74, 6) is -0.450. The van der Waals surface area contributed by atoms with Crippen molar-refractivity contribution in [1.82, 2.24) is 14.4 Å². The minimum Gasteiger partial charge on any atom is -0.336 e. The number of piperazine rings is 1. The fourth-order valence-corrected chi connectivity index (χ4v) is 2.87. The summed E-state index contributed by atoms with van der Waals surface area (Å²) in [6, 6.07) is 8.55. The van der Waals surface area contributed by atoms with Crippen molar-refractivity contribution in [2.45, 2.75) is 6.92 Å². The quantitative estimate of drug-likeness (QED) is 0.862. The molecule has 24 heavy (non-hydrogen) atoms.